The van der Waals surface area contributed by atoms with Crippen LogP contribution >= 0.6 is 0 Å². The topological polar surface area (TPSA) is 81.6 Å². The van der Waals surface area contributed by atoms with Gasteiger partial charge in [-0.15, -0.1) is 0 Å². The zero-order chi connectivity index (χ0) is 14.0. The molecule has 2 aromatic rings. The highest BCUT2D eigenvalue weighted by Crippen LogP contribution is 2.16. The Labute approximate surface area is 109 Å². The minimum absolute atomic E-state index is 0.113. The van der Waals surface area contributed by atoms with Crippen LogP contribution in [0.2, 0.25) is 0 Å². The summed E-state index contributed by atoms with van der Waals surface area (Å²) in [7, 11) is 0. The Kier molecular flexibility index (Phi) is 3.29. The molecule has 96 valence electrons. The van der Waals surface area contributed by atoms with Crippen LogP contribution in [-0.2, 0) is 0 Å². The minimum atomic E-state index is -0.615. The van der Waals surface area contributed by atoms with Gasteiger partial charge in [-0.05, 0) is 32.0 Å². The summed E-state index contributed by atoms with van der Waals surface area (Å²) in [5.74, 6) is -0.963. The van der Waals surface area contributed by atoms with Gasteiger partial charge in [-0.25, -0.2) is 4.39 Å². The number of aromatic nitrogens is 2. The van der Waals surface area contributed by atoms with E-state index in [0.717, 1.165) is 6.07 Å². The maximum absolute atomic E-state index is 13.2. The molecule has 1 aromatic heterocycles. The Bertz CT molecular complexity index is 665. The summed E-state index contributed by atoms with van der Waals surface area (Å²) in [5.41, 5.74) is 1.93. The van der Waals surface area contributed by atoms with E-state index in [1.165, 1.54) is 12.1 Å². The molecule has 2 N–H and O–H groups in total. The van der Waals surface area contributed by atoms with E-state index in [2.05, 4.69) is 15.5 Å². The molecular weight excluding hydrogens is 247 g/mol. The molecule has 0 spiro atoms. The summed E-state index contributed by atoms with van der Waals surface area (Å²) in [6, 6.07) is 5.55. The van der Waals surface area contributed by atoms with E-state index in [0.29, 0.717) is 22.6 Å². The van der Waals surface area contributed by atoms with Gasteiger partial charge in [0.1, 0.15) is 11.9 Å². The summed E-state index contributed by atoms with van der Waals surface area (Å²) in [5, 5.41) is 18.0. The van der Waals surface area contributed by atoms with E-state index in [-0.39, 0.29) is 11.5 Å². The Morgan fingerprint density at radius 2 is 2.21 bits per heavy atom. The number of hydrogen-bond acceptors (Lipinski definition) is 3. The third kappa shape index (κ3) is 2.45. The van der Waals surface area contributed by atoms with Gasteiger partial charge in [0.05, 0.1) is 16.8 Å². The molecule has 1 amide bonds. The molecule has 19 heavy (non-hydrogen) atoms. The summed E-state index contributed by atoms with van der Waals surface area (Å²) >= 11 is 0. The molecule has 0 bridgehead atoms. The first kappa shape index (κ1) is 12.8. The molecule has 6 heteroatoms. The number of H-pyrrole nitrogens is 1. The second kappa shape index (κ2) is 4.90. The molecule has 0 unspecified atom stereocenters. The number of nitrogens with one attached hydrogen (secondary N) is 2. The molecule has 0 aliphatic heterocycles. The second-order valence-electron chi connectivity index (χ2n) is 4.07. The monoisotopic (exact) mass is 258 g/mol. The lowest BCUT2D eigenvalue weighted by atomic mass is 10.1. The highest BCUT2D eigenvalue weighted by Gasteiger charge is 2.15. The maximum Gasteiger partial charge on any atom is 0.259 e. The van der Waals surface area contributed by atoms with Crippen LogP contribution in [0.1, 0.15) is 27.3 Å². The third-order valence-electron chi connectivity index (χ3n) is 2.70. The van der Waals surface area contributed by atoms with Crippen LogP contribution < -0.4 is 5.32 Å². The van der Waals surface area contributed by atoms with Crippen LogP contribution in [0.4, 0.5) is 10.1 Å². The number of hydrogen-bond donors (Lipinski definition) is 2. The summed E-state index contributed by atoms with van der Waals surface area (Å²) in [6.45, 7) is 3.45. The molecule has 1 aromatic carbocycles. The van der Waals surface area contributed by atoms with Gasteiger partial charge in [0.2, 0.25) is 0 Å². The fourth-order valence-electron chi connectivity index (χ4n) is 1.77. The van der Waals surface area contributed by atoms with Crippen molar-refractivity contribution in [1.29, 1.82) is 5.26 Å². The lowest BCUT2D eigenvalue weighted by Crippen LogP contribution is -2.13. The van der Waals surface area contributed by atoms with E-state index >= 15 is 0 Å². The number of benzene rings is 1. The molecule has 0 radical (unpaired) electrons. The fraction of sp³-hybridized carbons (Fsp3) is 0.154. The van der Waals surface area contributed by atoms with Gasteiger partial charge in [0.25, 0.3) is 5.91 Å². The highest BCUT2D eigenvalue weighted by molar-refractivity contribution is 6.05. The van der Waals surface area contributed by atoms with Crippen LogP contribution in [0.15, 0.2) is 18.2 Å². The fourth-order valence-corrected chi connectivity index (χ4v) is 1.77. The number of carbonyl (C=O) groups is 1. The van der Waals surface area contributed by atoms with Crippen molar-refractivity contribution < 1.29 is 9.18 Å². The number of halogens is 1. The molecule has 5 nitrogen and oxygen atoms in total. The van der Waals surface area contributed by atoms with Crippen LogP contribution in [0.3, 0.4) is 0 Å². The number of aromatic amines is 1. The van der Waals surface area contributed by atoms with Crippen molar-refractivity contribution in [2.45, 2.75) is 13.8 Å². The first-order valence-electron chi connectivity index (χ1n) is 5.55. The van der Waals surface area contributed by atoms with Crippen molar-refractivity contribution in [3.05, 3.63) is 46.5 Å². The average Bonchev–Trinajstić information content (AvgIpc) is 2.71. The number of amides is 1. The first-order valence-corrected chi connectivity index (χ1v) is 5.55. The molecule has 2 rings (SSSR count). The molecule has 1 heterocycles. The van der Waals surface area contributed by atoms with Crippen molar-refractivity contribution in [3.63, 3.8) is 0 Å². The summed E-state index contributed by atoms with van der Waals surface area (Å²) in [4.78, 5) is 12.1. The standard InChI is InChI=1S/C13H11FN4O/c1-7-12(8(2)18-17-7)13(19)16-10-3-4-11(14)9(5-10)6-15/h3-5H,1-2H3,(H,16,19)(H,17,18). The molecule has 0 atom stereocenters. The molecule has 0 aliphatic carbocycles. The van der Waals surface area contributed by atoms with Crippen molar-refractivity contribution in [1.82, 2.24) is 10.2 Å². The lowest BCUT2D eigenvalue weighted by molar-refractivity contribution is 0.102. The number of anilines is 1. The van der Waals surface area contributed by atoms with Gasteiger partial charge < -0.3 is 5.32 Å². The highest BCUT2D eigenvalue weighted by atomic mass is 19.1. The summed E-state index contributed by atoms with van der Waals surface area (Å²) < 4.78 is 13.2. The van der Waals surface area contributed by atoms with E-state index in [4.69, 9.17) is 5.26 Å². The number of carbonyl (C=O) groups excluding carboxylic acids is 1. The number of nitriles is 1. The number of aryl methyl sites for hydroxylation is 2. The first-order chi connectivity index (χ1) is 9.02. The predicted molar refractivity (Wildman–Crippen MR) is 67.1 cm³/mol. The van der Waals surface area contributed by atoms with Gasteiger partial charge in [-0.2, -0.15) is 10.4 Å². The molecule has 0 fully saturated rings. The summed E-state index contributed by atoms with van der Waals surface area (Å²) in [6.07, 6.45) is 0. The molecule has 0 aliphatic rings. The largest absolute Gasteiger partial charge is 0.322 e. The lowest BCUT2D eigenvalue weighted by Gasteiger charge is -2.06. The van der Waals surface area contributed by atoms with E-state index in [1.54, 1.807) is 19.9 Å². The van der Waals surface area contributed by atoms with E-state index in [9.17, 15) is 9.18 Å². The minimum Gasteiger partial charge on any atom is -0.322 e. The van der Waals surface area contributed by atoms with Crippen LogP contribution in [0.5, 0.6) is 0 Å². The average molecular weight is 258 g/mol. The SMILES string of the molecule is Cc1n[nH]c(C)c1C(=O)Nc1ccc(F)c(C#N)c1. The smallest absolute Gasteiger partial charge is 0.259 e. The normalized spacial score (nSPS) is 10.0. The molecular formula is C13H11FN4O. The maximum atomic E-state index is 13.2. The van der Waals surface area contributed by atoms with Gasteiger partial charge in [-0.3, -0.25) is 9.89 Å². The van der Waals surface area contributed by atoms with Gasteiger partial charge in [0.15, 0.2) is 0 Å². The van der Waals surface area contributed by atoms with Gasteiger partial charge in [-0.1, -0.05) is 0 Å². The molecule has 0 saturated heterocycles. The quantitative estimate of drug-likeness (QED) is 0.867. The van der Waals surface area contributed by atoms with Crippen molar-refractivity contribution in [3.8, 4) is 6.07 Å². The Morgan fingerprint density at radius 3 is 2.79 bits per heavy atom. The number of nitrogens with zero attached hydrogens (tertiary/aromatic N) is 2. The van der Waals surface area contributed by atoms with Gasteiger partial charge >= 0.3 is 0 Å². The van der Waals surface area contributed by atoms with E-state index in [1.807, 2.05) is 0 Å². The van der Waals surface area contributed by atoms with Crippen molar-refractivity contribution >= 4 is 11.6 Å². The van der Waals surface area contributed by atoms with Crippen LogP contribution in [0, 0.1) is 31.0 Å². The number of rotatable bonds is 2. The Balaban J connectivity index is 2.28. The van der Waals surface area contributed by atoms with Crippen LogP contribution in [-0.4, -0.2) is 16.1 Å². The second-order valence-corrected chi connectivity index (χ2v) is 4.07. The molecule has 0 saturated carbocycles. The zero-order valence-corrected chi connectivity index (χ0v) is 10.4. The third-order valence-corrected chi connectivity index (χ3v) is 2.70. The van der Waals surface area contributed by atoms with Crippen molar-refractivity contribution in [2.24, 2.45) is 0 Å². The van der Waals surface area contributed by atoms with E-state index < -0.39 is 5.82 Å². The van der Waals surface area contributed by atoms with Gasteiger partial charge in [0, 0.05) is 11.4 Å². The van der Waals surface area contributed by atoms with Crippen molar-refractivity contribution in [2.75, 3.05) is 5.32 Å². The predicted octanol–water partition coefficient (Wildman–Crippen LogP) is 2.29. The zero-order valence-electron chi connectivity index (χ0n) is 10.4. The Morgan fingerprint density at radius 1 is 1.47 bits per heavy atom. The van der Waals surface area contributed by atoms with Crippen LogP contribution in [0.25, 0.3) is 0 Å². The Hall–Kier alpha value is -2.68.